The number of amides is 4. The van der Waals surface area contributed by atoms with Crippen LogP contribution >= 0.6 is 0 Å². The Labute approximate surface area is 176 Å². The third-order valence-electron chi connectivity index (χ3n) is 8.09. The molecule has 0 unspecified atom stereocenters. The van der Waals surface area contributed by atoms with Gasteiger partial charge < -0.3 is 15.4 Å². The number of rotatable bonds is 6. The molecule has 0 radical (unpaired) electrons. The Morgan fingerprint density at radius 3 is 2.23 bits per heavy atom. The number of hydrogen-bond donors (Lipinski definition) is 2. The third-order valence-corrected chi connectivity index (χ3v) is 8.09. The minimum Gasteiger partial charge on any atom is -0.451 e. The molecule has 6 rings (SSSR count). The molecule has 2 N–H and O–H groups in total. The summed E-state index contributed by atoms with van der Waals surface area (Å²) in [5, 5.41) is 5.91. The molecule has 2 atom stereocenters. The first kappa shape index (κ1) is 19.8. The molecule has 1 heterocycles. The van der Waals surface area contributed by atoms with E-state index in [1.807, 2.05) is 0 Å². The first-order valence-electron chi connectivity index (χ1n) is 11.3. The zero-order chi connectivity index (χ0) is 21.3. The number of urea groups is 1. The monoisotopic (exact) mass is 417 g/mol. The summed E-state index contributed by atoms with van der Waals surface area (Å²) in [6.07, 6.45) is 7.74. The minimum atomic E-state index is -0.957. The van der Waals surface area contributed by atoms with E-state index in [1.54, 1.807) is 13.8 Å². The van der Waals surface area contributed by atoms with Gasteiger partial charge in [0.1, 0.15) is 12.1 Å². The van der Waals surface area contributed by atoms with E-state index in [9.17, 15) is 19.2 Å². The van der Waals surface area contributed by atoms with Gasteiger partial charge in [-0.3, -0.25) is 19.3 Å². The molecule has 4 amide bonds. The fraction of sp³-hybridized carbons (Fsp3) is 0.818. The van der Waals surface area contributed by atoms with Gasteiger partial charge in [-0.25, -0.2) is 4.79 Å². The van der Waals surface area contributed by atoms with Gasteiger partial charge in [-0.2, -0.15) is 0 Å². The van der Waals surface area contributed by atoms with Crippen LogP contribution < -0.4 is 10.6 Å². The van der Waals surface area contributed by atoms with Crippen LogP contribution in [0.1, 0.15) is 65.2 Å². The quantitative estimate of drug-likeness (QED) is 0.506. The highest BCUT2D eigenvalue weighted by atomic mass is 16.5. The summed E-state index contributed by atoms with van der Waals surface area (Å²) in [5.74, 6) is 0.814. The van der Waals surface area contributed by atoms with Crippen molar-refractivity contribution in [3.63, 3.8) is 0 Å². The van der Waals surface area contributed by atoms with Crippen molar-refractivity contribution >= 4 is 23.8 Å². The number of ether oxygens (including phenoxy) is 1. The summed E-state index contributed by atoms with van der Waals surface area (Å²) >= 11 is 0. The zero-order valence-corrected chi connectivity index (χ0v) is 17.7. The standard InChI is InChI=1S/C22H31N3O5/c1-12(18(27)23-22-8-13-5-14(9-22)7-15(6-13)10-22)30-17(26)11-25-19(28)21(2,16-3-4-16)24-20(25)29/h12-16H,3-11H2,1-2H3,(H,23,27)(H,24,29)/t12-,13?,14?,15?,21+,22?/m0/s1. The molecule has 1 aliphatic heterocycles. The molecule has 0 aromatic heterocycles. The second-order valence-electron chi connectivity index (χ2n) is 10.6. The van der Waals surface area contributed by atoms with E-state index in [0.717, 1.165) is 37.0 Å². The van der Waals surface area contributed by atoms with Crippen LogP contribution in [0.3, 0.4) is 0 Å². The van der Waals surface area contributed by atoms with Gasteiger partial charge in [-0.1, -0.05) is 0 Å². The van der Waals surface area contributed by atoms with Crippen molar-refractivity contribution in [1.82, 2.24) is 15.5 Å². The molecule has 5 saturated carbocycles. The van der Waals surface area contributed by atoms with E-state index in [1.165, 1.54) is 19.3 Å². The lowest BCUT2D eigenvalue weighted by Gasteiger charge is -2.57. The lowest BCUT2D eigenvalue weighted by atomic mass is 9.53. The molecular weight excluding hydrogens is 386 g/mol. The summed E-state index contributed by atoms with van der Waals surface area (Å²) in [7, 11) is 0. The van der Waals surface area contributed by atoms with Crippen LogP contribution in [0.2, 0.25) is 0 Å². The Morgan fingerprint density at radius 2 is 1.70 bits per heavy atom. The molecule has 30 heavy (non-hydrogen) atoms. The molecule has 8 heteroatoms. The highest BCUT2D eigenvalue weighted by Crippen LogP contribution is 2.55. The minimum absolute atomic E-state index is 0.125. The zero-order valence-electron chi connectivity index (χ0n) is 17.7. The Hall–Kier alpha value is -2.12. The maximum absolute atomic E-state index is 12.8. The molecule has 6 aliphatic rings. The van der Waals surface area contributed by atoms with Crippen LogP contribution in [-0.2, 0) is 19.1 Å². The molecule has 1 saturated heterocycles. The molecule has 8 nitrogen and oxygen atoms in total. The van der Waals surface area contributed by atoms with Crippen LogP contribution in [-0.4, -0.2) is 52.4 Å². The van der Waals surface area contributed by atoms with Crippen molar-refractivity contribution in [3.05, 3.63) is 0 Å². The van der Waals surface area contributed by atoms with Crippen LogP contribution in [0.4, 0.5) is 4.79 Å². The largest absolute Gasteiger partial charge is 0.451 e. The molecule has 0 aromatic carbocycles. The number of esters is 1. The average Bonchev–Trinajstić information content (AvgIpc) is 3.46. The fourth-order valence-electron chi connectivity index (χ4n) is 6.84. The van der Waals surface area contributed by atoms with E-state index < -0.39 is 36.1 Å². The molecular formula is C22H31N3O5. The van der Waals surface area contributed by atoms with Crippen LogP contribution in [0.25, 0.3) is 0 Å². The maximum Gasteiger partial charge on any atom is 0.327 e. The summed E-state index contributed by atoms with van der Waals surface area (Å²) < 4.78 is 5.30. The first-order valence-corrected chi connectivity index (χ1v) is 11.3. The van der Waals surface area contributed by atoms with E-state index in [4.69, 9.17) is 4.74 Å². The van der Waals surface area contributed by atoms with Crippen molar-refractivity contribution in [3.8, 4) is 0 Å². The summed E-state index contributed by atoms with van der Waals surface area (Å²) in [5.41, 5.74) is -1.08. The number of hydrogen-bond acceptors (Lipinski definition) is 5. The van der Waals surface area contributed by atoms with E-state index in [0.29, 0.717) is 17.8 Å². The van der Waals surface area contributed by atoms with Crippen LogP contribution in [0.15, 0.2) is 0 Å². The highest BCUT2D eigenvalue weighted by molar-refractivity contribution is 6.08. The fourth-order valence-corrected chi connectivity index (χ4v) is 6.84. The summed E-state index contributed by atoms with van der Waals surface area (Å²) in [4.78, 5) is 50.9. The van der Waals surface area contributed by atoms with Crippen molar-refractivity contribution < 1.29 is 23.9 Å². The Balaban J connectivity index is 1.16. The van der Waals surface area contributed by atoms with Crippen LogP contribution in [0, 0.1) is 23.7 Å². The number of imide groups is 1. The highest BCUT2D eigenvalue weighted by Gasteiger charge is 2.56. The third kappa shape index (κ3) is 3.28. The molecule has 4 bridgehead atoms. The SMILES string of the molecule is C[C@H](OC(=O)CN1C(=O)N[C@](C)(C2CC2)C1=O)C(=O)NC12CC3CC(CC(C3)C1)C2. The number of nitrogens with zero attached hydrogens (tertiary/aromatic N) is 1. The van der Waals surface area contributed by atoms with Gasteiger partial charge in [0, 0.05) is 5.54 Å². The van der Waals surface area contributed by atoms with Gasteiger partial charge in [-0.15, -0.1) is 0 Å². The lowest BCUT2D eigenvalue weighted by molar-refractivity contribution is -0.158. The lowest BCUT2D eigenvalue weighted by Crippen LogP contribution is -2.61. The summed E-state index contributed by atoms with van der Waals surface area (Å²) in [6, 6.07) is -0.572. The molecule has 0 spiro atoms. The van der Waals surface area contributed by atoms with Gasteiger partial charge >= 0.3 is 12.0 Å². The van der Waals surface area contributed by atoms with E-state index >= 15 is 0 Å². The first-order chi connectivity index (χ1) is 14.2. The van der Waals surface area contributed by atoms with Crippen molar-refractivity contribution in [2.75, 3.05) is 6.54 Å². The number of nitrogens with one attached hydrogen (secondary N) is 2. The van der Waals surface area contributed by atoms with Crippen LogP contribution in [0.5, 0.6) is 0 Å². The van der Waals surface area contributed by atoms with E-state index in [-0.39, 0.29) is 17.4 Å². The summed E-state index contributed by atoms with van der Waals surface area (Å²) in [6.45, 7) is 2.79. The molecule has 164 valence electrons. The van der Waals surface area contributed by atoms with Gasteiger partial charge in [-0.05, 0) is 88.9 Å². The number of carbonyl (C=O) groups excluding carboxylic acids is 4. The van der Waals surface area contributed by atoms with Crippen molar-refractivity contribution in [2.45, 2.75) is 82.4 Å². The average molecular weight is 418 g/mol. The predicted octanol–water partition coefficient (Wildman–Crippen LogP) is 1.72. The second-order valence-corrected chi connectivity index (χ2v) is 10.6. The molecule has 0 aromatic rings. The Morgan fingerprint density at radius 1 is 1.13 bits per heavy atom. The van der Waals surface area contributed by atoms with Gasteiger partial charge in [0.25, 0.3) is 11.8 Å². The van der Waals surface area contributed by atoms with Gasteiger partial charge in [0.15, 0.2) is 6.10 Å². The smallest absolute Gasteiger partial charge is 0.327 e. The van der Waals surface area contributed by atoms with Gasteiger partial charge in [0.05, 0.1) is 0 Å². The van der Waals surface area contributed by atoms with Crippen molar-refractivity contribution in [2.24, 2.45) is 23.7 Å². The topological polar surface area (TPSA) is 105 Å². The van der Waals surface area contributed by atoms with E-state index in [2.05, 4.69) is 10.6 Å². The molecule has 6 fully saturated rings. The predicted molar refractivity (Wildman–Crippen MR) is 106 cm³/mol. The maximum atomic E-state index is 12.8. The number of carbonyl (C=O) groups is 4. The Bertz CT molecular complexity index is 771. The second kappa shape index (κ2) is 6.69. The van der Waals surface area contributed by atoms with Crippen molar-refractivity contribution in [1.29, 1.82) is 0 Å². The molecule has 5 aliphatic carbocycles. The van der Waals surface area contributed by atoms with Gasteiger partial charge in [0.2, 0.25) is 0 Å². The Kier molecular flexibility index (Phi) is 4.42. The normalized spacial score (nSPS) is 40.3.